The predicted molar refractivity (Wildman–Crippen MR) is 88.9 cm³/mol. The monoisotopic (exact) mass is 355 g/mol. The second-order valence-electron chi connectivity index (χ2n) is 6.68. The van der Waals surface area contributed by atoms with E-state index in [-0.39, 0.29) is 11.5 Å². The fourth-order valence-corrected chi connectivity index (χ4v) is 4.08. The topological polar surface area (TPSA) is 41.9 Å². The van der Waals surface area contributed by atoms with Gasteiger partial charge >= 0.3 is 7.54 Å². The van der Waals surface area contributed by atoms with Gasteiger partial charge in [0.2, 0.25) is 0 Å². The Bertz CT molecular complexity index is 670. The van der Waals surface area contributed by atoms with Crippen LogP contribution in [0.4, 0.5) is 12.9 Å². The Kier molecular flexibility index (Phi) is 5.02. The van der Waals surface area contributed by atoms with Crippen LogP contribution < -0.4 is 9.47 Å². The van der Waals surface area contributed by atoms with Crippen molar-refractivity contribution >= 4 is 7.54 Å². The minimum atomic E-state index is -3.67. The van der Waals surface area contributed by atoms with Crippen molar-refractivity contribution in [2.75, 3.05) is 20.7 Å². The normalized spacial score (nSPS) is 29.5. The molecule has 0 bridgehead atoms. The molecule has 3 atom stereocenters. The van der Waals surface area contributed by atoms with Crippen molar-refractivity contribution in [2.45, 2.75) is 37.0 Å². The van der Waals surface area contributed by atoms with Crippen molar-refractivity contribution in [2.24, 2.45) is 0 Å². The summed E-state index contributed by atoms with van der Waals surface area (Å²) in [5, 5.41) is 9.97. The maximum atomic E-state index is 9.97. The Morgan fingerprint density at radius 3 is 2.76 bits per heavy atom. The van der Waals surface area contributed by atoms with Gasteiger partial charge in [-0.25, -0.2) is 0 Å². The van der Waals surface area contributed by atoms with Crippen molar-refractivity contribution < 1.29 is 27.5 Å². The molecule has 2 heterocycles. The largest absolute Gasteiger partial charge is 0.762 e. The third-order valence-corrected chi connectivity index (χ3v) is 5.15. The van der Waals surface area contributed by atoms with E-state index in [2.05, 4.69) is 24.1 Å². The number of hydrogen-bond donors (Lipinski definition) is 1. The van der Waals surface area contributed by atoms with Gasteiger partial charge in [0.15, 0.2) is 11.5 Å². The first-order chi connectivity index (χ1) is 11.9. The first-order valence-corrected chi connectivity index (χ1v) is 8.22. The van der Waals surface area contributed by atoms with Crippen LogP contribution in [0.1, 0.15) is 24.0 Å². The van der Waals surface area contributed by atoms with Crippen molar-refractivity contribution in [1.82, 2.24) is 4.90 Å². The van der Waals surface area contributed by atoms with Crippen LogP contribution in [0.5, 0.6) is 11.5 Å². The summed E-state index contributed by atoms with van der Waals surface area (Å²) in [5.74, 6) is 1.68. The zero-order chi connectivity index (χ0) is 18.2. The summed E-state index contributed by atoms with van der Waals surface area (Å²) >= 11 is 0. The molecule has 1 aliphatic carbocycles. The van der Waals surface area contributed by atoms with Gasteiger partial charge in [0.25, 0.3) is 0 Å². The highest BCUT2D eigenvalue weighted by atomic mass is 19.4. The molecule has 8 heteroatoms. The second kappa shape index (κ2) is 6.92. The number of hydrogen-bond acceptors (Lipinski definition) is 4. The lowest BCUT2D eigenvalue weighted by Gasteiger charge is -2.35. The highest BCUT2D eigenvalue weighted by Crippen LogP contribution is 2.55. The van der Waals surface area contributed by atoms with E-state index in [1.54, 1.807) is 7.11 Å². The molecule has 3 aliphatic rings. The number of halogens is 3. The molecule has 0 amide bonds. The molecule has 25 heavy (non-hydrogen) atoms. The average Bonchev–Trinajstić information content (AvgIpc) is 2.79. The van der Waals surface area contributed by atoms with Gasteiger partial charge in [-0.15, -0.1) is 0 Å². The van der Waals surface area contributed by atoms with E-state index in [9.17, 15) is 18.1 Å². The molecule has 1 spiro atoms. The molecular weight excluding hydrogens is 334 g/mol. The molecule has 4 rings (SSSR count). The minimum absolute atomic E-state index is 0.00838. The zero-order valence-corrected chi connectivity index (χ0v) is 14.2. The Labute approximate surface area is 145 Å². The van der Waals surface area contributed by atoms with Crippen LogP contribution >= 0.6 is 0 Å². The SMILES string of the molecule is COc1ccc2c3c1O[C@H]1CC(O)C=C[C@@]31CCN(C)C2.FB(F)F. The summed E-state index contributed by atoms with van der Waals surface area (Å²) < 4.78 is 40.8. The molecule has 0 aromatic heterocycles. The van der Waals surface area contributed by atoms with E-state index in [0.717, 1.165) is 31.0 Å². The number of aliphatic hydroxyl groups is 1. The Balaban J connectivity index is 0.000000415. The van der Waals surface area contributed by atoms with Crippen molar-refractivity contribution in [1.29, 1.82) is 0 Å². The molecule has 136 valence electrons. The predicted octanol–water partition coefficient (Wildman–Crippen LogP) is 2.73. The Morgan fingerprint density at radius 2 is 2.08 bits per heavy atom. The first-order valence-electron chi connectivity index (χ1n) is 8.22. The van der Waals surface area contributed by atoms with Gasteiger partial charge in [0.1, 0.15) is 6.10 Å². The second-order valence-corrected chi connectivity index (χ2v) is 6.68. The summed E-state index contributed by atoms with van der Waals surface area (Å²) in [6.45, 7) is 1.96. The molecule has 0 saturated carbocycles. The summed E-state index contributed by atoms with van der Waals surface area (Å²) in [6, 6.07) is 4.16. The van der Waals surface area contributed by atoms with E-state index in [1.807, 2.05) is 12.1 Å². The van der Waals surface area contributed by atoms with Gasteiger partial charge < -0.3 is 19.5 Å². The van der Waals surface area contributed by atoms with Crippen LogP contribution in [0.15, 0.2) is 24.3 Å². The Morgan fingerprint density at radius 1 is 1.36 bits per heavy atom. The van der Waals surface area contributed by atoms with Crippen LogP contribution in [-0.4, -0.2) is 50.5 Å². The van der Waals surface area contributed by atoms with Crippen molar-refractivity contribution in [3.8, 4) is 11.5 Å². The van der Waals surface area contributed by atoms with E-state index in [1.165, 1.54) is 11.1 Å². The molecule has 1 aromatic rings. The molecule has 1 N–H and O–H groups in total. The van der Waals surface area contributed by atoms with Crippen molar-refractivity contribution in [3.63, 3.8) is 0 Å². The molecule has 1 unspecified atom stereocenters. The van der Waals surface area contributed by atoms with E-state index in [4.69, 9.17) is 9.47 Å². The lowest BCUT2D eigenvalue weighted by atomic mass is 9.69. The first kappa shape index (κ1) is 18.1. The fraction of sp³-hybridized carbons (Fsp3) is 0.529. The lowest BCUT2D eigenvalue weighted by molar-refractivity contribution is 0.0821. The van der Waals surface area contributed by atoms with Gasteiger partial charge in [0, 0.05) is 18.5 Å². The van der Waals surface area contributed by atoms with Gasteiger partial charge in [-0.05, 0) is 31.6 Å². The van der Waals surface area contributed by atoms with Crippen LogP contribution in [0.3, 0.4) is 0 Å². The van der Waals surface area contributed by atoms with E-state index < -0.39 is 13.6 Å². The van der Waals surface area contributed by atoms with Crippen LogP contribution in [-0.2, 0) is 12.0 Å². The van der Waals surface area contributed by atoms with Gasteiger partial charge in [0.05, 0.1) is 18.6 Å². The van der Waals surface area contributed by atoms with Gasteiger partial charge in [-0.3, -0.25) is 12.9 Å². The number of rotatable bonds is 1. The molecule has 1 aromatic carbocycles. The summed E-state index contributed by atoms with van der Waals surface area (Å²) in [7, 11) is 0.176. The molecule has 4 nitrogen and oxygen atoms in total. The van der Waals surface area contributed by atoms with E-state index >= 15 is 0 Å². The minimum Gasteiger partial charge on any atom is -0.493 e. The molecule has 2 aliphatic heterocycles. The maximum absolute atomic E-state index is 9.97. The van der Waals surface area contributed by atoms with E-state index in [0.29, 0.717) is 6.42 Å². The Hall–Kier alpha value is -1.67. The molecule has 0 fully saturated rings. The number of benzene rings is 1. The highest BCUT2D eigenvalue weighted by molar-refractivity contribution is 6.33. The van der Waals surface area contributed by atoms with Crippen LogP contribution in [0, 0.1) is 0 Å². The number of methoxy groups -OCH3 is 1. The fourth-order valence-electron chi connectivity index (χ4n) is 4.08. The number of ether oxygens (including phenoxy) is 2. The summed E-state index contributed by atoms with van der Waals surface area (Å²) in [5.41, 5.74) is 2.48. The molecule has 0 radical (unpaired) electrons. The highest BCUT2D eigenvalue weighted by Gasteiger charge is 2.52. The number of nitrogens with zero attached hydrogens (tertiary/aromatic N) is 1. The molecule has 0 saturated heterocycles. The average molecular weight is 355 g/mol. The van der Waals surface area contributed by atoms with Gasteiger partial charge in [-0.2, -0.15) is 0 Å². The van der Waals surface area contributed by atoms with Gasteiger partial charge in [-0.1, -0.05) is 18.2 Å². The lowest BCUT2D eigenvalue weighted by Crippen LogP contribution is -2.42. The standard InChI is InChI=1S/C17H21NO3.BF3/c1-18-8-7-17-6-5-12(19)9-14(17)21-16-13(20-2)4-3-11(10-18)15(16)17;2-1(3)4/h3-6,12,14,19H,7-10H2,1-2H3;/t12?,14-,17-;/m0./s1. The summed E-state index contributed by atoms with van der Waals surface area (Å²) in [4.78, 5) is 2.35. The molecular formula is C17H21BF3NO3. The smallest absolute Gasteiger partial charge is 0.493 e. The van der Waals surface area contributed by atoms with Crippen molar-refractivity contribution in [3.05, 3.63) is 35.4 Å². The van der Waals surface area contributed by atoms with Crippen LogP contribution in [0.2, 0.25) is 0 Å². The van der Waals surface area contributed by atoms with Crippen LogP contribution in [0.25, 0.3) is 0 Å². The summed E-state index contributed by atoms with van der Waals surface area (Å²) in [6.07, 6.45) is 5.38. The number of aliphatic hydroxyl groups excluding tert-OH is 1. The maximum Gasteiger partial charge on any atom is 0.762 e. The third-order valence-electron chi connectivity index (χ3n) is 5.15. The third kappa shape index (κ3) is 3.25. The quantitative estimate of drug-likeness (QED) is 0.622. The zero-order valence-electron chi connectivity index (χ0n) is 14.2.